The molecule has 0 aliphatic carbocycles. The van der Waals surface area contributed by atoms with Crippen molar-refractivity contribution in [3.63, 3.8) is 0 Å². The minimum Gasteiger partial charge on any atom is -0.384 e. The Balaban J connectivity index is 2.06. The summed E-state index contributed by atoms with van der Waals surface area (Å²) in [5, 5.41) is 12.2. The Bertz CT molecular complexity index is 683. The highest BCUT2D eigenvalue weighted by atomic mass is 19.1. The summed E-state index contributed by atoms with van der Waals surface area (Å²) in [7, 11) is 0. The summed E-state index contributed by atoms with van der Waals surface area (Å²) in [5.74, 6) is -0.883. The molecule has 6 heteroatoms. The van der Waals surface area contributed by atoms with E-state index < -0.39 is 11.8 Å². The van der Waals surface area contributed by atoms with E-state index in [1.165, 1.54) is 12.1 Å². The zero-order valence-electron chi connectivity index (χ0n) is 11.4. The average Bonchev–Trinajstić information content (AvgIpc) is 2.43. The molecule has 0 atom stereocenters. The predicted octanol–water partition coefficient (Wildman–Crippen LogP) is 3.06. The molecule has 0 aromatic heterocycles. The van der Waals surface area contributed by atoms with E-state index in [0.717, 1.165) is 11.6 Å². The third-order valence-electron chi connectivity index (χ3n) is 2.84. The highest BCUT2D eigenvalue weighted by Gasteiger charge is 2.09. The largest absolute Gasteiger partial charge is 0.384 e. The van der Waals surface area contributed by atoms with Gasteiger partial charge in [-0.3, -0.25) is 5.41 Å². The molecule has 0 spiro atoms. The Morgan fingerprint density at radius 3 is 2.38 bits per heavy atom. The first-order valence-corrected chi connectivity index (χ1v) is 6.24. The topological polar surface area (TPSA) is 91.0 Å². The van der Waals surface area contributed by atoms with Crippen LogP contribution in [0.3, 0.4) is 0 Å². The first-order valence-electron chi connectivity index (χ1n) is 6.24. The van der Waals surface area contributed by atoms with E-state index in [1.54, 1.807) is 12.1 Å². The zero-order chi connectivity index (χ0) is 15.4. The van der Waals surface area contributed by atoms with Crippen LogP contribution in [0.5, 0.6) is 0 Å². The Hall–Kier alpha value is -2.89. The van der Waals surface area contributed by atoms with Gasteiger partial charge >= 0.3 is 6.03 Å². The molecule has 0 saturated heterocycles. The van der Waals surface area contributed by atoms with Crippen LogP contribution in [-0.2, 0) is 0 Å². The van der Waals surface area contributed by atoms with Crippen LogP contribution in [0.15, 0.2) is 42.5 Å². The number of halogens is 1. The van der Waals surface area contributed by atoms with Gasteiger partial charge < -0.3 is 16.4 Å². The molecule has 2 amide bonds. The van der Waals surface area contributed by atoms with Crippen LogP contribution < -0.4 is 16.4 Å². The minimum absolute atomic E-state index is 0.0182. The van der Waals surface area contributed by atoms with Crippen molar-refractivity contribution in [2.24, 2.45) is 5.73 Å². The summed E-state index contributed by atoms with van der Waals surface area (Å²) in [6, 6.07) is 10.6. The fraction of sp³-hybridized carbons (Fsp3) is 0.0667. The second-order valence-electron chi connectivity index (χ2n) is 4.55. The first kappa shape index (κ1) is 14.5. The maximum absolute atomic E-state index is 13.8. The molecule has 2 rings (SSSR count). The van der Waals surface area contributed by atoms with Crippen LogP contribution in [0.2, 0.25) is 0 Å². The number of nitrogen functional groups attached to an aromatic ring is 1. The average molecular weight is 286 g/mol. The van der Waals surface area contributed by atoms with Crippen molar-refractivity contribution in [3.8, 4) is 0 Å². The molecule has 0 aliphatic rings. The predicted molar refractivity (Wildman–Crippen MR) is 81.2 cm³/mol. The standard InChI is InChI=1S/C15H15FN4O/c1-9-2-5-11(6-3-9)19-15(21)20-13-7-4-10(14(17)18)8-12(13)16/h2-8H,1H3,(H3,17,18)(H2,19,20,21). The molecule has 2 aromatic carbocycles. The lowest BCUT2D eigenvalue weighted by atomic mass is 10.2. The van der Waals surface area contributed by atoms with Crippen LogP contribution >= 0.6 is 0 Å². The molecule has 108 valence electrons. The fourth-order valence-electron chi connectivity index (χ4n) is 1.71. The van der Waals surface area contributed by atoms with Gasteiger partial charge in [0.2, 0.25) is 0 Å². The third kappa shape index (κ3) is 3.79. The quantitative estimate of drug-likeness (QED) is 0.516. The molecule has 0 saturated carbocycles. The van der Waals surface area contributed by atoms with Crippen LogP contribution in [0.4, 0.5) is 20.6 Å². The van der Waals surface area contributed by atoms with Gasteiger partial charge in [0.15, 0.2) is 0 Å². The molecule has 0 unspecified atom stereocenters. The van der Waals surface area contributed by atoms with Crippen LogP contribution in [-0.4, -0.2) is 11.9 Å². The lowest BCUT2D eigenvalue weighted by molar-refractivity contribution is 0.262. The van der Waals surface area contributed by atoms with E-state index in [0.29, 0.717) is 5.69 Å². The number of nitrogens with one attached hydrogen (secondary N) is 3. The highest BCUT2D eigenvalue weighted by molar-refractivity contribution is 6.00. The maximum Gasteiger partial charge on any atom is 0.323 e. The summed E-state index contributed by atoms with van der Waals surface area (Å²) < 4.78 is 13.8. The SMILES string of the molecule is Cc1ccc(NC(=O)Nc2ccc(C(=N)N)cc2F)cc1. The number of urea groups is 1. The van der Waals surface area contributed by atoms with Crippen molar-refractivity contribution < 1.29 is 9.18 Å². The van der Waals surface area contributed by atoms with E-state index in [2.05, 4.69) is 10.6 Å². The number of hydrogen-bond acceptors (Lipinski definition) is 2. The molecule has 5 nitrogen and oxygen atoms in total. The number of hydrogen-bond donors (Lipinski definition) is 4. The van der Waals surface area contributed by atoms with Gasteiger partial charge in [-0.2, -0.15) is 0 Å². The maximum atomic E-state index is 13.8. The summed E-state index contributed by atoms with van der Waals surface area (Å²) in [6.07, 6.45) is 0. The molecule has 5 N–H and O–H groups in total. The molecular formula is C15H15FN4O. The molecule has 0 bridgehead atoms. The fourth-order valence-corrected chi connectivity index (χ4v) is 1.71. The van der Waals surface area contributed by atoms with Crippen molar-refractivity contribution in [1.29, 1.82) is 5.41 Å². The normalized spacial score (nSPS) is 10.0. The van der Waals surface area contributed by atoms with Crippen LogP contribution in [0.1, 0.15) is 11.1 Å². The molecule has 0 radical (unpaired) electrons. The number of carbonyl (C=O) groups excluding carboxylic acids is 1. The Morgan fingerprint density at radius 2 is 1.81 bits per heavy atom. The zero-order valence-corrected chi connectivity index (χ0v) is 11.4. The second-order valence-corrected chi connectivity index (χ2v) is 4.55. The molecule has 21 heavy (non-hydrogen) atoms. The number of amides is 2. The Morgan fingerprint density at radius 1 is 1.14 bits per heavy atom. The van der Waals surface area contributed by atoms with Crippen molar-refractivity contribution in [1.82, 2.24) is 0 Å². The number of carbonyl (C=O) groups is 1. The van der Waals surface area contributed by atoms with Gasteiger partial charge in [0.1, 0.15) is 11.7 Å². The number of aryl methyl sites for hydroxylation is 1. The Kier molecular flexibility index (Phi) is 4.18. The van der Waals surface area contributed by atoms with E-state index in [4.69, 9.17) is 11.1 Å². The van der Waals surface area contributed by atoms with Gasteiger partial charge in [-0.25, -0.2) is 9.18 Å². The van der Waals surface area contributed by atoms with Gasteiger partial charge in [-0.15, -0.1) is 0 Å². The summed E-state index contributed by atoms with van der Waals surface area (Å²) >= 11 is 0. The molecule has 0 heterocycles. The number of rotatable bonds is 3. The molecule has 0 aliphatic heterocycles. The lowest BCUT2D eigenvalue weighted by Crippen LogP contribution is -2.20. The Labute approximate surface area is 121 Å². The molecule has 2 aromatic rings. The smallest absolute Gasteiger partial charge is 0.323 e. The van der Waals surface area contributed by atoms with Crippen LogP contribution in [0.25, 0.3) is 0 Å². The molecular weight excluding hydrogens is 271 g/mol. The van der Waals surface area contributed by atoms with Crippen molar-refractivity contribution in [2.75, 3.05) is 10.6 Å². The van der Waals surface area contributed by atoms with Gasteiger partial charge in [0.05, 0.1) is 5.69 Å². The number of benzene rings is 2. The molecule has 0 fully saturated rings. The van der Waals surface area contributed by atoms with E-state index in [9.17, 15) is 9.18 Å². The monoisotopic (exact) mass is 286 g/mol. The number of amidine groups is 1. The van der Waals surface area contributed by atoms with Crippen molar-refractivity contribution in [2.45, 2.75) is 6.92 Å². The number of nitrogens with two attached hydrogens (primary N) is 1. The van der Waals surface area contributed by atoms with Crippen molar-refractivity contribution >= 4 is 23.2 Å². The van der Waals surface area contributed by atoms with Gasteiger partial charge in [0, 0.05) is 11.3 Å². The third-order valence-corrected chi connectivity index (χ3v) is 2.84. The van der Waals surface area contributed by atoms with Crippen molar-refractivity contribution in [3.05, 3.63) is 59.4 Å². The minimum atomic E-state index is -0.651. The second kappa shape index (κ2) is 6.04. The van der Waals surface area contributed by atoms with Gasteiger partial charge in [0.25, 0.3) is 0 Å². The summed E-state index contributed by atoms with van der Waals surface area (Å²) in [5.41, 5.74) is 7.23. The first-order chi connectivity index (χ1) is 9.95. The van der Waals surface area contributed by atoms with Gasteiger partial charge in [-0.05, 0) is 37.3 Å². The van der Waals surface area contributed by atoms with Crippen LogP contribution in [0, 0.1) is 18.2 Å². The summed E-state index contributed by atoms with van der Waals surface area (Å²) in [6.45, 7) is 1.94. The lowest BCUT2D eigenvalue weighted by Gasteiger charge is -2.09. The van der Waals surface area contributed by atoms with E-state index in [1.807, 2.05) is 19.1 Å². The van der Waals surface area contributed by atoms with E-state index in [-0.39, 0.29) is 17.1 Å². The van der Waals surface area contributed by atoms with Gasteiger partial charge in [-0.1, -0.05) is 17.7 Å². The number of anilines is 2. The summed E-state index contributed by atoms with van der Waals surface area (Å²) in [4.78, 5) is 11.8. The highest BCUT2D eigenvalue weighted by Crippen LogP contribution is 2.16. The van der Waals surface area contributed by atoms with E-state index >= 15 is 0 Å².